The Morgan fingerprint density at radius 3 is 2.56 bits per heavy atom. The summed E-state index contributed by atoms with van der Waals surface area (Å²) < 4.78 is 18.8. The molecule has 1 atom stereocenters. The zero-order chi connectivity index (χ0) is 19.2. The highest BCUT2D eigenvalue weighted by atomic mass is 32.1. The first-order valence-corrected chi connectivity index (χ1v) is 9.64. The molecule has 2 aromatic rings. The highest BCUT2D eigenvalue weighted by Crippen LogP contribution is 2.22. The monoisotopic (exact) mass is 387 g/mol. The number of halogens is 1. The van der Waals surface area contributed by atoms with Gasteiger partial charge in [0.15, 0.2) is 5.11 Å². The average Bonchev–Trinajstić information content (AvgIpc) is 2.68. The molecule has 3 rings (SSSR count). The minimum atomic E-state index is -0.223. The maximum atomic E-state index is 13.3. The number of morpholine rings is 1. The summed E-state index contributed by atoms with van der Waals surface area (Å²) in [5.74, 6) is -0.223. The van der Waals surface area contributed by atoms with E-state index in [1.54, 1.807) is 0 Å². The number of nitrogens with zero attached hydrogens (tertiary/aromatic N) is 1. The van der Waals surface area contributed by atoms with Crippen molar-refractivity contribution in [1.82, 2.24) is 10.2 Å². The van der Waals surface area contributed by atoms with Crippen molar-refractivity contribution in [3.05, 3.63) is 65.0 Å². The number of rotatable bonds is 5. The highest BCUT2D eigenvalue weighted by Gasteiger charge is 2.23. The second-order valence-corrected chi connectivity index (χ2v) is 7.21. The summed E-state index contributed by atoms with van der Waals surface area (Å²) in [5, 5.41) is 7.21. The zero-order valence-corrected chi connectivity index (χ0v) is 16.6. The van der Waals surface area contributed by atoms with Crippen molar-refractivity contribution in [3.63, 3.8) is 0 Å². The minimum Gasteiger partial charge on any atom is -0.379 e. The van der Waals surface area contributed by atoms with Gasteiger partial charge in [-0.3, -0.25) is 4.90 Å². The van der Waals surface area contributed by atoms with Crippen LogP contribution in [0.5, 0.6) is 0 Å². The number of hydrogen-bond acceptors (Lipinski definition) is 3. The predicted octanol–water partition coefficient (Wildman–Crippen LogP) is 3.80. The molecule has 0 bridgehead atoms. The fourth-order valence-corrected chi connectivity index (χ4v) is 3.47. The van der Waals surface area contributed by atoms with Crippen LogP contribution in [0.1, 0.15) is 22.7 Å². The second kappa shape index (κ2) is 9.26. The molecule has 0 spiro atoms. The van der Waals surface area contributed by atoms with Crippen molar-refractivity contribution in [2.24, 2.45) is 0 Å². The van der Waals surface area contributed by atoms with Crippen molar-refractivity contribution in [2.45, 2.75) is 19.9 Å². The lowest BCUT2D eigenvalue weighted by Crippen LogP contribution is -2.44. The van der Waals surface area contributed by atoms with Crippen LogP contribution < -0.4 is 10.6 Å². The molecule has 4 nitrogen and oxygen atoms in total. The lowest BCUT2D eigenvalue weighted by Gasteiger charge is -2.35. The summed E-state index contributed by atoms with van der Waals surface area (Å²) in [5.41, 5.74) is 4.49. The Kier molecular flexibility index (Phi) is 6.77. The van der Waals surface area contributed by atoms with E-state index in [0.29, 0.717) is 24.9 Å². The van der Waals surface area contributed by atoms with Gasteiger partial charge in [0.2, 0.25) is 0 Å². The van der Waals surface area contributed by atoms with E-state index in [9.17, 15) is 4.39 Å². The van der Waals surface area contributed by atoms with Gasteiger partial charge in [-0.15, -0.1) is 0 Å². The molecule has 2 aromatic carbocycles. The lowest BCUT2D eigenvalue weighted by atomic mass is 10.0. The summed E-state index contributed by atoms with van der Waals surface area (Å²) >= 11 is 5.50. The summed E-state index contributed by atoms with van der Waals surface area (Å²) in [6.45, 7) is 7.92. The Morgan fingerprint density at radius 2 is 1.85 bits per heavy atom. The van der Waals surface area contributed by atoms with Crippen molar-refractivity contribution in [3.8, 4) is 0 Å². The molecule has 1 fully saturated rings. The molecule has 6 heteroatoms. The van der Waals surface area contributed by atoms with Crippen molar-refractivity contribution in [2.75, 3.05) is 38.2 Å². The van der Waals surface area contributed by atoms with Crippen LogP contribution >= 0.6 is 12.2 Å². The maximum Gasteiger partial charge on any atom is 0.170 e. The number of benzene rings is 2. The van der Waals surface area contributed by atoms with Gasteiger partial charge < -0.3 is 15.4 Å². The molecule has 1 heterocycles. The Labute approximate surface area is 165 Å². The summed E-state index contributed by atoms with van der Waals surface area (Å²) in [4.78, 5) is 2.35. The fraction of sp³-hybridized carbons (Fsp3) is 0.381. The smallest absolute Gasteiger partial charge is 0.170 e. The molecule has 27 heavy (non-hydrogen) atoms. The largest absolute Gasteiger partial charge is 0.379 e. The van der Waals surface area contributed by atoms with Crippen molar-refractivity contribution in [1.29, 1.82) is 0 Å². The van der Waals surface area contributed by atoms with Crippen LogP contribution in [-0.2, 0) is 4.74 Å². The van der Waals surface area contributed by atoms with E-state index in [1.165, 1.54) is 23.3 Å². The van der Waals surface area contributed by atoms with Gasteiger partial charge in [-0.2, -0.15) is 0 Å². The van der Waals surface area contributed by atoms with Crippen molar-refractivity contribution >= 4 is 23.0 Å². The molecule has 0 aliphatic carbocycles. The van der Waals surface area contributed by atoms with Crippen LogP contribution in [0.25, 0.3) is 0 Å². The van der Waals surface area contributed by atoms with Crippen LogP contribution in [0, 0.1) is 19.7 Å². The van der Waals surface area contributed by atoms with Gasteiger partial charge in [-0.25, -0.2) is 4.39 Å². The summed E-state index contributed by atoms with van der Waals surface area (Å²) in [6.07, 6.45) is 0. The molecular formula is C21H26FN3OS. The molecule has 1 saturated heterocycles. The number of ether oxygens (including phenoxy) is 1. The Hall–Kier alpha value is -2.02. The first-order valence-electron chi connectivity index (χ1n) is 9.23. The molecular weight excluding hydrogens is 361 g/mol. The highest BCUT2D eigenvalue weighted by molar-refractivity contribution is 7.80. The Bertz CT molecular complexity index is 775. The van der Waals surface area contributed by atoms with E-state index < -0.39 is 0 Å². The number of hydrogen-bond donors (Lipinski definition) is 2. The van der Waals surface area contributed by atoms with Gasteiger partial charge in [0, 0.05) is 25.3 Å². The van der Waals surface area contributed by atoms with Crippen LogP contribution in [-0.4, -0.2) is 42.9 Å². The third-order valence-corrected chi connectivity index (χ3v) is 5.30. The van der Waals surface area contributed by atoms with Crippen LogP contribution in [0.4, 0.5) is 10.1 Å². The average molecular weight is 388 g/mol. The molecule has 2 N–H and O–H groups in total. The van der Waals surface area contributed by atoms with Crippen LogP contribution in [0.15, 0.2) is 42.5 Å². The second-order valence-electron chi connectivity index (χ2n) is 6.80. The molecule has 0 saturated carbocycles. The minimum absolute atomic E-state index is 0.104. The van der Waals surface area contributed by atoms with Crippen LogP contribution in [0.3, 0.4) is 0 Å². The zero-order valence-electron chi connectivity index (χ0n) is 15.8. The van der Waals surface area contributed by atoms with Gasteiger partial charge in [0.1, 0.15) is 5.82 Å². The van der Waals surface area contributed by atoms with Crippen LogP contribution in [0.2, 0.25) is 0 Å². The standard InChI is InChI=1S/C21H26FN3OS/c1-15-4-3-5-19(16(15)2)24-21(27)23-14-20(25-10-12-26-13-11-25)17-6-8-18(22)9-7-17/h3-9,20H,10-14H2,1-2H3,(H2,23,24,27)/t20-/m1/s1. The molecule has 0 radical (unpaired) electrons. The van der Waals surface area contributed by atoms with Crippen molar-refractivity contribution < 1.29 is 9.13 Å². The number of thiocarbonyl (C=S) groups is 1. The molecule has 1 aliphatic heterocycles. The summed E-state index contributed by atoms with van der Waals surface area (Å²) in [6, 6.07) is 12.9. The Morgan fingerprint density at radius 1 is 1.15 bits per heavy atom. The molecule has 0 aromatic heterocycles. The van der Waals surface area contributed by atoms with E-state index in [2.05, 4.69) is 35.4 Å². The molecule has 0 unspecified atom stereocenters. The molecule has 1 aliphatic rings. The first kappa shape index (κ1) is 19.7. The normalized spacial score (nSPS) is 16.0. The number of anilines is 1. The predicted molar refractivity (Wildman–Crippen MR) is 112 cm³/mol. The fourth-order valence-electron chi connectivity index (χ4n) is 3.27. The SMILES string of the molecule is Cc1cccc(NC(=S)NC[C@H](c2ccc(F)cc2)N2CCOCC2)c1C. The molecule has 144 valence electrons. The van der Waals surface area contributed by atoms with Gasteiger partial charge in [0.25, 0.3) is 0 Å². The number of nitrogens with one attached hydrogen (secondary N) is 2. The van der Waals surface area contributed by atoms with Gasteiger partial charge >= 0.3 is 0 Å². The van der Waals surface area contributed by atoms with E-state index in [0.717, 1.165) is 24.3 Å². The van der Waals surface area contributed by atoms with Gasteiger partial charge in [-0.1, -0.05) is 24.3 Å². The number of aryl methyl sites for hydroxylation is 1. The molecule has 0 amide bonds. The topological polar surface area (TPSA) is 36.5 Å². The van der Waals surface area contributed by atoms with E-state index in [4.69, 9.17) is 17.0 Å². The van der Waals surface area contributed by atoms with E-state index >= 15 is 0 Å². The third kappa shape index (κ3) is 5.25. The first-order chi connectivity index (χ1) is 13.0. The third-order valence-electron chi connectivity index (χ3n) is 5.05. The summed E-state index contributed by atoms with van der Waals surface area (Å²) in [7, 11) is 0. The quantitative estimate of drug-likeness (QED) is 0.763. The van der Waals surface area contributed by atoms with Gasteiger partial charge in [0.05, 0.1) is 19.3 Å². The maximum absolute atomic E-state index is 13.3. The lowest BCUT2D eigenvalue weighted by molar-refractivity contribution is 0.0170. The van der Waals surface area contributed by atoms with E-state index in [-0.39, 0.29) is 11.9 Å². The van der Waals surface area contributed by atoms with E-state index in [1.807, 2.05) is 24.3 Å². The van der Waals surface area contributed by atoms with Gasteiger partial charge in [-0.05, 0) is 61.0 Å². The Balaban J connectivity index is 1.67.